The van der Waals surface area contributed by atoms with E-state index >= 15 is 0 Å². The lowest BCUT2D eigenvalue weighted by Gasteiger charge is -2.08. The second kappa shape index (κ2) is 5.30. The number of hydrogen-bond donors (Lipinski definition) is 1. The summed E-state index contributed by atoms with van der Waals surface area (Å²) in [6, 6.07) is 9.28. The number of allylic oxidation sites excluding steroid dienone is 1. The van der Waals surface area contributed by atoms with Gasteiger partial charge >= 0.3 is 5.97 Å². The lowest BCUT2D eigenvalue weighted by atomic mass is 10.0. The molecule has 0 amide bonds. The number of nitrogens with zero attached hydrogens (tertiary/aromatic N) is 1. The molecule has 0 spiro atoms. The number of ketones is 1. The number of benzene rings is 1. The Balaban J connectivity index is 2.09. The monoisotopic (exact) mass is 295 g/mol. The van der Waals surface area contributed by atoms with Gasteiger partial charge < -0.3 is 9.67 Å². The second-order valence-corrected chi connectivity index (χ2v) is 5.49. The number of carboxylic acid groups (broad SMARTS) is 1. The van der Waals surface area contributed by atoms with Gasteiger partial charge in [-0.3, -0.25) is 4.79 Å². The first-order chi connectivity index (χ1) is 10.5. The van der Waals surface area contributed by atoms with Crippen LogP contribution in [0.15, 0.2) is 36.4 Å². The molecule has 0 aliphatic carbocycles. The van der Waals surface area contributed by atoms with E-state index in [2.05, 4.69) is 0 Å². The van der Waals surface area contributed by atoms with Gasteiger partial charge in [-0.1, -0.05) is 36.8 Å². The van der Waals surface area contributed by atoms with E-state index in [4.69, 9.17) is 0 Å². The van der Waals surface area contributed by atoms with E-state index in [1.165, 1.54) is 0 Å². The minimum absolute atomic E-state index is 0.0526. The van der Waals surface area contributed by atoms with Crippen molar-refractivity contribution in [3.63, 3.8) is 0 Å². The van der Waals surface area contributed by atoms with Crippen LogP contribution in [0, 0.1) is 6.92 Å². The summed E-state index contributed by atoms with van der Waals surface area (Å²) >= 11 is 0. The average molecular weight is 295 g/mol. The molecule has 1 aliphatic heterocycles. The molecule has 0 unspecified atom stereocenters. The topological polar surface area (TPSA) is 59.3 Å². The van der Waals surface area contributed by atoms with Gasteiger partial charge in [0.2, 0.25) is 5.78 Å². The minimum Gasteiger partial charge on any atom is -0.478 e. The van der Waals surface area contributed by atoms with Gasteiger partial charge in [0, 0.05) is 12.1 Å². The molecular formula is C18H17NO3. The number of hydrogen-bond acceptors (Lipinski definition) is 2. The van der Waals surface area contributed by atoms with Gasteiger partial charge in [0.25, 0.3) is 0 Å². The van der Waals surface area contributed by atoms with E-state index in [0.717, 1.165) is 11.1 Å². The highest BCUT2D eigenvalue weighted by molar-refractivity contribution is 6.17. The van der Waals surface area contributed by atoms with Crippen LogP contribution in [0.25, 0.3) is 5.57 Å². The minimum atomic E-state index is -0.951. The highest BCUT2D eigenvalue weighted by atomic mass is 16.4. The Morgan fingerprint density at radius 2 is 1.91 bits per heavy atom. The molecule has 22 heavy (non-hydrogen) atoms. The zero-order chi connectivity index (χ0) is 15.9. The first-order valence-electron chi connectivity index (χ1n) is 7.30. The first-order valence-corrected chi connectivity index (χ1v) is 7.30. The van der Waals surface area contributed by atoms with Crippen LogP contribution in [-0.2, 0) is 17.8 Å². The Kier molecular flexibility index (Phi) is 3.45. The van der Waals surface area contributed by atoms with Crippen LogP contribution in [0.5, 0.6) is 0 Å². The Morgan fingerprint density at radius 1 is 1.23 bits per heavy atom. The van der Waals surface area contributed by atoms with Crippen LogP contribution >= 0.6 is 0 Å². The van der Waals surface area contributed by atoms with Crippen molar-refractivity contribution in [2.45, 2.75) is 26.8 Å². The standard InChI is InChI=1S/C18H17NO3/c1-3-12-10-15-14(18(21)22)8-9-19(15)16(12)17(20)13-6-4-11(2)5-7-13/h4-8,10H,3,9H2,1-2H3,(H,21,22). The number of aliphatic carboxylic acids is 1. The second-order valence-electron chi connectivity index (χ2n) is 5.49. The van der Waals surface area contributed by atoms with Gasteiger partial charge in [0.1, 0.15) is 0 Å². The Bertz CT molecular complexity index is 794. The quantitative estimate of drug-likeness (QED) is 0.882. The van der Waals surface area contributed by atoms with Gasteiger partial charge in [0.15, 0.2) is 0 Å². The highest BCUT2D eigenvalue weighted by Crippen LogP contribution is 2.30. The molecule has 0 bridgehead atoms. The Hall–Kier alpha value is -2.62. The molecule has 4 heteroatoms. The Labute approximate surface area is 128 Å². The zero-order valence-corrected chi connectivity index (χ0v) is 12.6. The predicted octanol–water partition coefficient (Wildman–Crippen LogP) is 3.07. The van der Waals surface area contributed by atoms with Crippen molar-refractivity contribution in [2.75, 3.05) is 0 Å². The molecule has 3 rings (SSSR count). The summed E-state index contributed by atoms with van der Waals surface area (Å²) in [6.07, 6.45) is 2.35. The first kappa shape index (κ1) is 14.3. The van der Waals surface area contributed by atoms with Crippen molar-refractivity contribution in [2.24, 2.45) is 0 Å². The van der Waals surface area contributed by atoms with E-state index in [1.54, 1.807) is 6.08 Å². The molecule has 112 valence electrons. The number of aryl methyl sites for hydroxylation is 2. The lowest BCUT2D eigenvalue weighted by molar-refractivity contribution is -0.130. The van der Waals surface area contributed by atoms with Gasteiger partial charge in [-0.25, -0.2) is 4.79 Å². The normalized spacial score (nSPS) is 12.9. The number of carbonyl (C=O) groups is 2. The third-order valence-electron chi connectivity index (χ3n) is 4.07. The molecule has 1 aromatic heterocycles. The fourth-order valence-electron chi connectivity index (χ4n) is 2.88. The number of carbonyl (C=O) groups excluding carboxylic acids is 1. The summed E-state index contributed by atoms with van der Waals surface area (Å²) in [5.74, 6) is -1.00. The van der Waals surface area contributed by atoms with E-state index in [0.29, 0.717) is 29.9 Å². The van der Waals surface area contributed by atoms with E-state index < -0.39 is 5.97 Å². The smallest absolute Gasteiger partial charge is 0.337 e. The average Bonchev–Trinajstić information content (AvgIpc) is 3.05. The van der Waals surface area contributed by atoms with Gasteiger partial charge in [0.05, 0.1) is 17.0 Å². The molecule has 4 nitrogen and oxygen atoms in total. The summed E-state index contributed by atoms with van der Waals surface area (Å²) in [6.45, 7) is 4.38. The molecule has 2 aromatic rings. The molecule has 1 aliphatic rings. The number of rotatable bonds is 4. The van der Waals surface area contributed by atoms with E-state index in [9.17, 15) is 14.7 Å². The van der Waals surface area contributed by atoms with E-state index in [1.807, 2.05) is 48.7 Å². The van der Waals surface area contributed by atoms with Crippen molar-refractivity contribution >= 4 is 17.3 Å². The van der Waals surface area contributed by atoms with Crippen LogP contribution in [0.1, 0.15) is 39.8 Å². The maximum Gasteiger partial charge on any atom is 0.337 e. The third kappa shape index (κ3) is 2.17. The maximum absolute atomic E-state index is 12.8. The van der Waals surface area contributed by atoms with Gasteiger partial charge in [-0.05, 0) is 31.1 Å². The predicted molar refractivity (Wildman–Crippen MR) is 84.0 cm³/mol. The summed E-state index contributed by atoms with van der Waals surface area (Å²) in [4.78, 5) is 24.1. The number of fused-ring (bicyclic) bond motifs is 1. The number of carboxylic acids is 1. The Morgan fingerprint density at radius 3 is 2.50 bits per heavy atom. The molecule has 1 N–H and O–H groups in total. The van der Waals surface area contributed by atoms with Crippen LogP contribution in [0.2, 0.25) is 0 Å². The molecule has 0 radical (unpaired) electrons. The largest absolute Gasteiger partial charge is 0.478 e. The number of aromatic nitrogens is 1. The third-order valence-corrected chi connectivity index (χ3v) is 4.07. The molecule has 0 atom stereocenters. The van der Waals surface area contributed by atoms with Crippen LogP contribution < -0.4 is 0 Å². The van der Waals surface area contributed by atoms with Crippen LogP contribution in [-0.4, -0.2) is 21.4 Å². The molecule has 1 aromatic carbocycles. The van der Waals surface area contributed by atoms with E-state index in [-0.39, 0.29) is 11.4 Å². The molecule has 0 saturated carbocycles. The molecular weight excluding hydrogens is 278 g/mol. The fourth-order valence-corrected chi connectivity index (χ4v) is 2.88. The van der Waals surface area contributed by atoms with Crippen molar-refractivity contribution < 1.29 is 14.7 Å². The van der Waals surface area contributed by atoms with Crippen LogP contribution in [0.3, 0.4) is 0 Å². The SMILES string of the molecule is CCc1cc2n(c1C(=O)c1ccc(C)cc1)CC=C2C(=O)O. The fraction of sp³-hybridized carbons (Fsp3) is 0.222. The molecule has 0 fully saturated rings. The van der Waals surface area contributed by atoms with Crippen molar-refractivity contribution in [3.05, 3.63) is 64.5 Å². The lowest BCUT2D eigenvalue weighted by Crippen LogP contribution is -2.11. The molecule has 0 saturated heterocycles. The van der Waals surface area contributed by atoms with Gasteiger partial charge in [-0.15, -0.1) is 0 Å². The van der Waals surface area contributed by atoms with Crippen molar-refractivity contribution in [3.8, 4) is 0 Å². The van der Waals surface area contributed by atoms with Crippen molar-refractivity contribution in [1.82, 2.24) is 4.57 Å². The maximum atomic E-state index is 12.8. The highest BCUT2D eigenvalue weighted by Gasteiger charge is 2.28. The zero-order valence-electron chi connectivity index (χ0n) is 12.6. The summed E-state index contributed by atoms with van der Waals surface area (Å²) in [5, 5.41) is 9.25. The summed E-state index contributed by atoms with van der Waals surface area (Å²) in [5.41, 5.74) is 4.13. The van der Waals surface area contributed by atoms with Gasteiger partial charge in [-0.2, -0.15) is 0 Å². The van der Waals surface area contributed by atoms with Crippen molar-refractivity contribution in [1.29, 1.82) is 0 Å². The summed E-state index contributed by atoms with van der Waals surface area (Å²) < 4.78 is 1.81. The van der Waals surface area contributed by atoms with Crippen LogP contribution in [0.4, 0.5) is 0 Å². The summed E-state index contributed by atoms with van der Waals surface area (Å²) in [7, 11) is 0. The molecule has 2 heterocycles.